The number of H-pyrrole nitrogens is 1. The summed E-state index contributed by atoms with van der Waals surface area (Å²) >= 11 is 0. The minimum atomic E-state index is -0.537. The SMILES string of the molecule is C=C1OB(c2cc3c(OC(C)=O)cccc3[nH]2)OC1(C)C. The van der Waals surface area contributed by atoms with Gasteiger partial charge in [0.05, 0.1) is 11.4 Å². The number of hydrogen-bond donors (Lipinski definition) is 1. The maximum Gasteiger partial charge on any atom is 0.580 e. The molecule has 1 aromatic heterocycles. The Morgan fingerprint density at radius 2 is 2.19 bits per heavy atom. The van der Waals surface area contributed by atoms with E-state index in [-0.39, 0.29) is 5.97 Å². The van der Waals surface area contributed by atoms with E-state index in [1.54, 1.807) is 6.07 Å². The summed E-state index contributed by atoms with van der Waals surface area (Å²) < 4.78 is 16.7. The molecule has 2 aromatic rings. The van der Waals surface area contributed by atoms with Gasteiger partial charge < -0.3 is 19.0 Å². The van der Waals surface area contributed by atoms with Crippen molar-refractivity contribution < 1.29 is 18.8 Å². The van der Waals surface area contributed by atoms with Crippen LogP contribution in [0.4, 0.5) is 0 Å². The second-order valence-corrected chi connectivity index (χ2v) is 5.54. The average molecular weight is 285 g/mol. The van der Waals surface area contributed by atoms with E-state index in [9.17, 15) is 4.79 Å². The van der Waals surface area contributed by atoms with E-state index in [1.807, 2.05) is 32.0 Å². The number of benzene rings is 1. The Kier molecular flexibility index (Phi) is 3.06. The molecule has 0 bridgehead atoms. The van der Waals surface area contributed by atoms with E-state index in [1.165, 1.54) is 6.92 Å². The van der Waals surface area contributed by atoms with Crippen molar-refractivity contribution in [3.8, 4) is 5.75 Å². The van der Waals surface area contributed by atoms with Crippen LogP contribution in [0.1, 0.15) is 20.8 Å². The summed E-state index contributed by atoms with van der Waals surface area (Å²) in [5, 5.41) is 0.810. The lowest BCUT2D eigenvalue weighted by Crippen LogP contribution is -2.35. The molecule has 1 N–H and O–H groups in total. The zero-order chi connectivity index (χ0) is 15.2. The van der Waals surface area contributed by atoms with Gasteiger partial charge in [-0.2, -0.15) is 0 Å². The summed E-state index contributed by atoms with van der Waals surface area (Å²) in [7, 11) is -0.537. The number of fused-ring (bicyclic) bond motifs is 1. The van der Waals surface area contributed by atoms with Crippen LogP contribution in [0.15, 0.2) is 36.6 Å². The monoisotopic (exact) mass is 285 g/mol. The molecule has 0 aliphatic carbocycles. The summed E-state index contributed by atoms with van der Waals surface area (Å²) in [5.74, 6) is 0.748. The van der Waals surface area contributed by atoms with Crippen molar-refractivity contribution in [2.75, 3.05) is 0 Å². The van der Waals surface area contributed by atoms with Gasteiger partial charge in [0, 0.05) is 17.8 Å². The number of carbonyl (C=O) groups is 1. The summed E-state index contributed by atoms with van der Waals surface area (Å²) in [6.45, 7) is 9.05. The Bertz CT molecular complexity index is 734. The molecule has 0 amide bonds. The highest BCUT2D eigenvalue weighted by molar-refractivity contribution is 6.62. The molecule has 0 spiro atoms. The molecule has 0 atom stereocenters. The molecule has 0 unspecified atom stereocenters. The largest absolute Gasteiger partial charge is 0.580 e. The zero-order valence-corrected chi connectivity index (χ0v) is 12.2. The minimum absolute atomic E-state index is 0.354. The van der Waals surface area contributed by atoms with Crippen molar-refractivity contribution in [1.82, 2.24) is 4.98 Å². The van der Waals surface area contributed by atoms with Crippen LogP contribution in [0.3, 0.4) is 0 Å². The summed E-state index contributed by atoms with van der Waals surface area (Å²) in [6.07, 6.45) is 0. The van der Waals surface area contributed by atoms with Gasteiger partial charge in [-0.05, 0) is 32.0 Å². The van der Waals surface area contributed by atoms with E-state index in [4.69, 9.17) is 14.0 Å². The zero-order valence-electron chi connectivity index (χ0n) is 12.2. The number of aromatic amines is 1. The van der Waals surface area contributed by atoms with Crippen molar-refractivity contribution in [2.24, 2.45) is 0 Å². The molecule has 1 aliphatic rings. The molecular weight excluding hydrogens is 269 g/mol. The summed E-state index contributed by atoms with van der Waals surface area (Å²) in [4.78, 5) is 14.4. The molecule has 5 nitrogen and oxygen atoms in total. The maximum atomic E-state index is 11.2. The predicted octanol–water partition coefficient (Wildman–Crippen LogP) is 2.13. The lowest BCUT2D eigenvalue weighted by atomic mass is 9.85. The molecule has 0 radical (unpaired) electrons. The van der Waals surface area contributed by atoms with Gasteiger partial charge in [-0.15, -0.1) is 0 Å². The van der Waals surface area contributed by atoms with Crippen molar-refractivity contribution >= 4 is 29.6 Å². The fourth-order valence-electron chi connectivity index (χ4n) is 2.28. The average Bonchev–Trinajstić information content (AvgIpc) is 2.92. The first-order valence-corrected chi connectivity index (χ1v) is 6.71. The van der Waals surface area contributed by atoms with Gasteiger partial charge in [-0.1, -0.05) is 12.6 Å². The normalized spacial score (nSPS) is 17.1. The molecule has 2 heterocycles. The number of nitrogens with one attached hydrogen (secondary N) is 1. The molecular formula is C15H16BNO4. The number of esters is 1. The summed E-state index contributed by atoms with van der Waals surface area (Å²) in [5.41, 5.74) is 1.09. The van der Waals surface area contributed by atoms with Crippen LogP contribution in [0.25, 0.3) is 10.9 Å². The van der Waals surface area contributed by atoms with Crippen molar-refractivity contribution in [1.29, 1.82) is 0 Å². The van der Waals surface area contributed by atoms with Crippen molar-refractivity contribution in [2.45, 2.75) is 26.4 Å². The van der Waals surface area contributed by atoms with Gasteiger partial charge in [0.1, 0.15) is 11.4 Å². The van der Waals surface area contributed by atoms with Crippen LogP contribution in [-0.2, 0) is 14.1 Å². The predicted molar refractivity (Wildman–Crippen MR) is 80.4 cm³/mol. The van der Waals surface area contributed by atoms with E-state index in [0.29, 0.717) is 11.5 Å². The lowest BCUT2D eigenvalue weighted by molar-refractivity contribution is -0.131. The van der Waals surface area contributed by atoms with Crippen molar-refractivity contribution in [3.63, 3.8) is 0 Å². The second-order valence-electron chi connectivity index (χ2n) is 5.54. The first-order chi connectivity index (χ1) is 9.87. The van der Waals surface area contributed by atoms with Crippen molar-refractivity contribution in [3.05, 3.63) is 36.6 Å². The molecule has 108 valence electrons. The van der Waals surface area contributed by atoms with Crippen LogP contribution >= 0.6 is 0 Å². The highest BCUT2D eigenvalue weighted by atomic mass is 16.7. The van der Waals surface area contributed by atoms with E-state index in [0.717, 1.165) is 16.5 Å². The fraction of sp³-hybridized carbons (Fsp3) is 0.267. The molecule has 1 saturated heterocycles. The van der Waals surface area contributed by atoms with Crippen LogP contribution in [0.2, 0.25) is 0 Å². The molecule has 1 fully saturated rings. The topological polar surface area (TPSA) is 60.5 Å². The minimum Gasteiger partial charge on any atom is -0.533 e. The first kappa shape index (κ1) is 13.8. The van der Waals surface area contributed by atoms with E-state index >= 15 is 0 Å². The smallest absolute Gasteiger partial charge is 0.533 e. The second kappa shape index (κ2) is 4.67. The fourth-order valence-corrected chi connectivity index (χ4v) is 2.28. The number of aromatic nitrogens is 1. The van der Waals surface area contributed by atoms with Gasteiger partial charge in [-0.25, -0.2) is 0 Å². The van der Waals surface area contributed by atoms with Crippen LogP contribution in [0.5, 0.6) is 5.75 Å². The quantitative estimate of drug-likeness (QED) is 0.521. The van der Waals surface area contributed by atoms with E-state index < -0.39 is 12.7 Å². The molecule has 0 saturated carbocycles. The Morgan fingerprint density at radius 3 is 2.81 bits per heavy atom. The molecule has 1 aromatic carbocycles. The molecule has 1 aliphatic heterocycles. The van der Waals surface area contributed by atoms with E-state index in [2.05, 4.69) is 11.6 Å². The Labute approximate surface area is 123 Å². The first-order valence-electron chi connectivity index (χ1n) is 6.71. The highest BCUT2D eigenvalue weighted by Gasteiger charge is 2.43. The van der Waals surface area contributed by atoms with Gasteiger partial charge in [-0.3, -0.25) is 4.79 Å². The number of carbonyl (C=O) groups excluding carboxylic acids is 1. The van der Waals surface area contributed by atoms with Crippen LogP contribution in [0, 0.1) is 0 Å². The molecule has 21 heavy (non-hydrogen) atoms. The Hall–Kier alpha value is -2.21. The number of rotatable bonds is 2. The number of hydrogen-bond acceptors (Lipinski definition) is 4. The third-order valence-electron chi connectivity index (χ3n) is 3.48. The Morgan fingerprint density at radius 1 is 1.43 bits per heavy atom. The summed E-state index contributed by atoms with van der Waals surface area (Å²) in [6, 6.07) is 7.34. The molecule has 3 rings (SSSR count). The number of ether oxygens (including phenoxy) is 1. The highest BCUT2D eigenvalue weighted by Crippen LogP contribution is 2.30. The third-order valence-corrected chi connectivity index (χ3v) is 3.48. The van der Waals surface area contributed by atoms with Crippen LogP contribution < -0.4 is 10.3 Å². The van der Waals surface area contributed by atoms with Gasteiger partial charge in [0.2, 0.25) is 0 Å². The van der Waals surface area contributed by atoms with Crippen LogP contribution in [-0.4, -0.2) is 23.7 Å². The standard InChI is InChI=1S/C15H16BNO4/c1-9-15(3,4)21-16(20-9)14-8-11-12(17-14)6-5-7-13(11)19-10(2)18/h5-8,17H,1H2,2-4H3. The third kappa shape index (κ3) is 2.42. The lowest BCUT2D eigenvalue weighted by Gasteiger charge is -2.15. The maximum absolute atomic E-state index is 11.2. The Balaban J connectivity index is 1.99. The van der Waals surface area contributed by atoms with Gasteiger partial charge in [0.15, 0.2) is 0 Å². The molecule has 6 heteroatoms. The van der Waals surface area contributed by atoms with Gasteiger partial charge in [0.25, 0.3) is 0 Å². The van der Waals surface area contributed by atoms with Gasteiger partial charge >= 0.3 is 13.1 Å².